The largest absolute Gasteiger partial charge is 0.394 e. The van der Waals surface area contributed by atoms with Crippen molar-refractivity contribution in [3.8, 4) is 0 Å². The molecule has 0 bridgehead atoms. The summed E-state index contributed by atoms with van der Waals surface area (Å²) in [6.45, 7) is 1.38. The first kappa shape index (κ1) is 13.7. The molecule has 100 valence electrons. The van der Waals surface area contributed by atoms with Gasteiger partial charge in [0.1, 0.15) is 5.82 Å². The smallest absolute Gasteiger partial charge is 0.142 e. The van der Waals surface area contributed by atoms with E-state index in [1.807, 2.05) is 0 Å². The number of hydrogen-bond donors (Lipinski definition) is 2. The van der Waals surface area contributed by atoms with Gasteiger partial charge in [0.25, 0.3) is 0 Å². The Kier molecular flexibility index (Phi) is 4.95. The summed E-state index contributed by atoms with van der Waals surface area (Å²) >= 11 is 5.65. The standard InChI is InChI=1S/C13H17ClFNO2/c14-11-2-1-9(7-12(11)15)13(8-17)16-10-3-5-18-6-4-10/h1-2,7,10,13,16-17H,3-6,8H2. The van der Waals surface area contributed by atoms with Crippen LogP contribution in [-0.2, 0) is 4.74 Å². The molecule has 1 aliphatic rings. The molecule has 1 aromatic carbocycles. The zero-order chi connectivity index (χ0) is 13.0. The highest BCUT2D eigenvalue weighted by Gasteiger charge is 2.19. The summed E-state index contributed by atoms with van der Waals surface area (Å²) in [6.07, 6.45) is 1.82. The molecular weight excluding hydrogens is 257 g/mol. The van der Waals surface area contributed by atoms with Crippen molar-refractivity contribution in [1.82, 2.24) is 5.32 Å². The Morgan fingerprint density at radius 3 is 2.78 bits per heavy atom. The predicted octanol–water partition coefficient (Wildman–Crippen LogP) is 2.28. The Balaban J connectivity index is 2.04. The fraction of sp³-hybridized carbons (Fsp3) is 0.538. The Bertz CT molecular complexity index is 397. The molecule has 1 aliphatic heterocycles. The molecule has 1 heterocycles. The normalized spacial score (nSPS) is 18.8. The van der Waals surface area contributed by atoms with Crippen LogP contribution in [0.2, 0.25) is 5.02 Å². The van der Waals surface area contributed by atoms with Crippen LogP contribution in [0, 0.1) is 5.82 Å². The summed E-state index contributed by atoms with van der Waals surface area (Å²) in [6, 6.07) is 4.66. The summed E-state index contributed by atoms with van der Waals surface area (Å²) in [5.41, 5.74) is 0.714. The molecule has 0 saturated carbocycles. The van der Waals surface area contributed by atoms with Crippen LogP contribution in [0.4, 0.5) is 4.39 Å². The predicted molar refractivity (Wildman–Crippen MR) is 68.2 cm³/mol. The van der Waals surface area contributed by atoms with Gasteiger partial charge in [0.2, 0.25) is 0 Å². The van der Waals surface area contributed by atoms with Crippen molar-refractivity contribution >= 4 is 11.6 Å². The monoisotopic (exact) mass is 273 g/mol. The van der Waals surface area contributed by atoms with Gasteiger partial charge in [-0.2, -0.15) is 0 Å². The summed E-state index contributed by atoms with van der Waals surface area (Å²) in [7, 11) is 0. The van der Waals surface area contributed by atoms with Crippen molar-refractivity contribution in [2.75, 3.05) is 19.8 Å². The molecule has 0 aliphatic carbocycles. The molecule has 0 radical (unpaired) electrons. The Morgan fingerprint density at radius 2 is 2.17 bits per heavy atom. The number of ether oxygens (including phenoxy) is 1. The van der Waals surface area contributed by atoms with Crippen LogP contribution in [0.5, 0.6) is 0 Å². The highest BCUT2D eigenvalue weighted by Crippen LogP contribution is 2.21. The molecule has 2 rings (SSSR count). The molecule has 0 amide bonds. The molecule has 1 saturated heterocycles. The molecule has 1 fully saturated rings. The average molecular weight is 274 g/mol. The number of benzene rings is 1. The SMILES string of the molecule is OCC(NC1CCOCC1)c1ccc(Cl)c(F)c1. The van der Waals surface area contributed by atoms with Gasteiger partial charge in [-0.05, 0) is 30.5 Å². The summed E-state index contributed by atoms with van der Waals surface area (Å²) in [5, 5.41) is 12.8. The summed E-state index contributed by atoms with van der Waals surface area (Å²) in [4.78, 5) is 0. The summed E-state index contributed by atoms with van der Waals surface area (Å²) in [5.74, 6) is -0.457. The Labute approximate surface area is 111 Å². The Hall–Kier alpha value is -0.680. The van der Waals surface area contributed by atoms with E-state index in [1.165, 1.54) is 12.1 Å². The van der Waals surface area contributed by atoms with E-state index in [0.29, 0.717) is 11.6 Å². The van der Waals surface area contributed by atoms with Crippen LogP contribution < -0.4 is 5.32 Å². The van der Waals surface area contributed by atoms with E-state index in [4.69, 9.17) is 16.3 Å². The van der Waals surface area contributed by atoms with Gasteiger partial charge in [0.05, 0.1) is 17.7 Å². The van der Waals surface area contributed by atoms with E-state index in [0.717, 1.165) is 26.1 Å². The molecule has 1 aromatic rings. The van der Waals surface area contributed by atoms with Crippen molar-refractivity contribution in [2.45, 2.75) is 24.9 Å². The second-order valence-electron chi connectivity index (χ2n) is 4.46. The van der Waals surface area contributed by atoms with Crippen LogP contribution in [0.25, 0.3) is 0 Å². The van der Waals surface area contributed by atoms with Crippen LogP contribution in [0.1, 0.15) is 24.4 Å². The maximum Gasteiger partial charge on any atom is 0.142 e. The van der Waals surface area contributed by atoms with E-state index < -0.39 is 5.82 Å². The van der Waals surface area contributed by atoms with Gasteiger partial charge in [-0.15, -0.1) is 0 Å². The van der Waals surface area contributed by atoms with Crippen LogP contribution in [0.15, 0.2) is 18.2 Å². The fourth-order valence-corrected chi connectivity index (χ4v) is 2.25. The molecule has 2 N–H and O–H groups in total. The van der Waals surface area contributed by atoms with Gasteiger partial charge in [-0.3, -0.25) is 0 Å². The second kappa shape index (κ2) is 6.48. The van der Waals surface area contributed by atoms with Gasteiger partial charge in [0.15, 0.2) is 0 Å². The van der Waals surface area contributed by atoms with Gasteiger partial charge in [-0.1, -0.05) is 17.7 Å². The lowest BCUT2D eigenvalue weighted by Crippen LogP contribution is -2.38. The lowest BCUT2D eigenvalue weighted by molar-refractivity contribution is 0.0714. The molecule has 0 aromatic heterocycles. The first-order valence-electron chi connectivity index (χ1n) is 6.10. The van der Waals surface area contributed by atoms with Crippen LogP contribution >= 0.6 is 11.6 Å². The molecule has 0 spiro atoms. The lowest BCUT2D eigenvalue weighted by Gasteiger charge is -2.28. The third-order valence-electron chi connectivity index (χ3n) is 3.19. The highest BCUT2D eigenvalue weighted by atomic mass is 35.5. The van der Waals surface area contributed by atoms with Crippen molar-refractivity contribution in [3.05, 3.63) is 34.6 Å². The molecular formula is C13H17ClFNO2. The minimum Gasteiger partial charge on any atom is -0.394 e. The first-order chi connectivity index (χ1) is 8.70. The quantitative estimate of drug-likeness (QED) is 0.884. The number of rotatable bonds is 4. The van der Waals surface area contributed by atoms with E-state index in [1.54, 1.807) is 6.07 Å². The summed E-state index contributed by atoms with van der Waals surface area (Å²) < 4.78 is 18.7. The van der Waals surface area contributed by atoms with Crippen LogP contribution in [-0.4, -0.2) is 31.0 Å². The fourth-order valence-electron chi connectivity index (χ4n) is 2.13. The minimum absolute atomic E-state index is 0.0710. The lowest BCUT2D eigenvalue weighted by atomic mass is 10.0. The number of aliphatic hydroxyl groups is 1. The topological polar surface area (TPSA) is 41.5 Å². The van der Waals surface area contributed by atoms with Gasteiger partial charge in [-0.25, -0.2) is 4.39 Å². The maximum atomic E-state index is 13.4. The zero-order valence-corrected chi connectivity index (χ0v) is 10.8. The zero-order valence-electron chi connectivity index (χ0n) is 10.0. The third-order valence-corrected chi connectivity index (χ3v) is 3.49. The Morgan fingerprint density at radius 1 is 1.44 bits per heavy atom. The average Bonchev–Trinajstić information content (AvgIpc) is 2.40. The first-order valence-corrected chi connectivity index (χ1v) is 6.48. The minimum atomic E-state index is -0.457. The number of halogens is 2. The van der Waals surface area contributed by atoms with Gasteiger partial charge in [0, 0.05) is 19.3 Å². The maximum absolute atomic E-state index is 13.4. The van der Waals surface area contributed by atoms with Crippen molar-refractivity contribution in [1.29, 1.82) is 0 Å². The molecule has 3 nitrogen and oxygen atoms in total. The van der Waals surface area contributed by atoms with Gasteiger partial charge < -0.3 is 15.2 Å². The van der Waals surface area contributed by atoms with Crippen molar-refractivity contribution in [2.24, 2.45) is 0 Å². The van der Waals surface area contributed by atoms with Crippen LogP contribution in [0.3, 0.4) is 0 Å². The van der Waals surface area contributed by atoms with E-state index in [-0.39, 0.29) is 17.7 Å². The molecule has 18 heavy (non-hydrogen) atoms. The number of hydrogen-bond acceptors (Lipinski definition) is 3. The van der Waals surface area contributed by atoms with E-state index in [2.05, 4.69) is 5.32 Å². The number of nitrogens with one attached hydrogen (secondary N) is 1. The van der Waals surface area contributed by atoms with Gasteiger partial charge >= 0.3 is 0 Å². The van der Waals surface area contributed by atoms with E-state index in [9.17, 15) is 9.50 Å². The van der Waals surface area contributed by atoms with Crippen molar-refractivity contribution in [3.63, 3.8) is 0 Å². The molecule has 1 atom stereocenters. The molecule has 5 heteroatoms. The molecule has 1 unspecified atom stereocenters. The number of aliphatic hydroxyl groups excluding tert-OH is 1. The highest BCUT2D eigenvalue weighted by molar-refractivity contribution is 6.30. The van der Waals surface area contributed by atoms with E-state index >= 15 is 0 Å². The van der Waals surface area contributed by atoms with Crippen molar-refractivity contribution < 1.29 is 14.2 Å². The third kappa shape index (κ3) is 3.42. The second-order valence-corrected chi connectivity index (χ2v) is 4.87.